The summed E-state index contributed by atoms with van der Waals surface area (Å²) in [6, 6.07) is 5.38. The third-order valence-corrected chi connectivity index (χ3v) is 4.29. The Labute approximate surface area is 143 Å². The molecule has 9 nitrogen and oxygen atoms in total. The molecule has 1 atom stereocenters. The summed E-state index contributed by atoms with van der Waals surface area (Å²) >= 11 is 0. The minimum atomic E-state index is -0.894. The minimum Gasteiger partial charge on any atom is -0.347 e. The Morgan fingerprint density at radius 2 is 2.04 bits per heavy atom. The smallest absolute Gasteiger partial charge is 0.313 e. The van der Waals surface area contributed by atoms with Crippen LogP contribution in [0.5, 0.6) is 0 Å². The fourth-order valence-corrected chi connectivity index (χ4v) is 3.06. The van der Waals surface area contributed by atoms with Gasteiger partial charge < -0.3 is 20.1 Å². The molecule has 3 rings (SSSR count). The maximum absolute atomic E-state index is 11.9. The summed E-state index contributed by atoms with van der Waals surface area (Å²) in [6.07, 6.45) is 3.54. The van der Waals surface area contributed by atoms with Gasteiger partial charge in [0.05, 0.1) is 11.5 Å². The number of amides is 2. The van der Waals surface area contributed by atoms with Gasteiger partial charge in [0.1, 0.15) is 6.10 Å². The van der Waals surface area contributed by atoms with Crippen molar-refractivity contribution in [2.75, 3.05) is 18.5 Å². The zero-order chi connectivity index (χ0) is 17.9. The molecule has 25 heavy (non-hydrogen) atoms. The van der Waals surface area contributed by atoms with Gasteiger partial charge in [-0.1, -0.05) is 6.07 Å². The molecule has 0 radical (unpaired) electrons. The van der Waals surface area contributed by atoms with Crippen LogP contribution in [0.2, 0.25) is 0 Å². The van der Waals surface area contributed by atoms with Crippen LogP contribution in [-0.4, -0.2) is 41.8 Å². The zero-order valence-electron chi connectivity index (χ0n) is 13.5. The summed E-state index contributed by atoms with van der Waals surface area (Å²) in [5.74, 6) is -2.24. The Hall–Kier alpha value is -2.52. The van der Waals surface area contributed by atoms with E-state index in [1.807, 2.05) is 0 Å². The van der Waals surface area contributed by atoms with Crippen molar-refractivity contribution in [1.82, 2.24) is 5.32 Å². The van der Waals surface area contributed by atoms with Crippen molar-refractivity contribution in [3.8, 4) is 0 Å². The van der Waals surface area contributed by atoms with Gasteiger partial charge in [0.15, 0.2) is 5.79 Å². The molecule has 9 heteroatoms. The number of benzene rings is 1. The fraction of sp³-hybridized carbons (Fsp3) is 0.500. The lowest BCUT2D eigenvalue weighted by molar-refractivity contribution is -0.384. The Kier molecular flexibility index (Phi) is 4.95. The van der Waals surface area contributed by atoms with E-state index in [0.29, 0.717) is 6.61 Å². The fourth-order valence-electron chi connectivity index (χ4n) is 3.06. The number of nitrogens with zero attached hydrogens (tertiary/aromatic N) is 1. The lowest BCUT2D eigenvalue weighted by atomic mass is 10.2. The first-order valence-corrected chi connectivity index (χ1v) is 8.13. The SMILES string of the molecule is O=C(NCC1COC2(CCCC2)O1)C(=O)Nc1cccc([N+](=O)[O-])c1. The average molecular weight is 349 g/mol. The minimum absolute atomic E-state index is 0.170. The van der Waals surface area contributed by atoms with Crippen LogP contribution in [0.1, 0.15) is 25.7 Å². The normalized spacial score (nSPS) is 21.2. The van der Waals surface area contributed by atoms with Gasteiger partial charge in [-0.15, -0.1) is 0 Å². The molecular weight excluding hydrogens is 330 g/mol. The molecule has 0 aromatic heterocycles. The topological polar surface area (TPSA) is 120 Å². The second kappa shape index (κ2) is 7.16. The van der Waals surface area contributed by atoms with Gasteiger partial charge in [0.25, 0.3) is 5.69 Å². The molecule has 1 unspecified atom stereocenters. The van der Waals surface area contributed by atoms with E-state index in [1.165, 1.54) is 24.3 Å². The molecule has 1 aromatic rings. The van der Waals surface area contributed by atoms with Crippen molar-refractivity contribution in [2.45, 2.75) is 37.6 Å². The number of non-ortho nitro benzene ring substituents is 1. The molecule has 2 fully saturated rings. The molecule has 2 amide bonds. The number of carbonyl (C=O) groups is 2. The average Bonchev–Trinajstić information content (AvgIpc) is 3.23. The quantitative estimate of drug-likeness (QED) is 0.481. The second-order valence-corrected chi connectivity index (χ2v) is 6.14. The lowest BCUT2D eigenvalue weighted by Crippen LogP contribution is -2.40. The van der Waals surface area contributed by atoms with Crippen molar-refractivity contribution in [1.29, 1.82) is 0 Å². The molecule has 2 N–H and O–H groups in total. The van der Waals surface area contributed by atoms with Gasteiger partial charge in [0, 0.05) is 37.2 Å². The number of ether oxygens (including phenoxy) is 2. The van der Waals surface area contributed by atoms with E-state index in [1.54, 1.807) is 0 Å². The second-order valence-electron chi connectivity index (χ2n) is 6.14. The summed E-state index contributed by atoms with van der Waals surface area (Å²) in [5.41, 5.74) is 0.0104. The number of nitro groups is 1. The standard InChI is InChI=1S/C16H19N3O6/c20-14(15(21)18-11-4-3-5-12(8-11)19(22)23)17-9-13-10-24-16(25-13)6-1-2-7-16/h3-5,8,13H,1-2,6-7,9-10H2,(H,17,20)(H,18,21). The Morgan fingerprint density at radius 1 is 1.28 bits per heavy atom. The predicted molar refractivity (Wildman–Crippen MR) is 86.8 cm³/mol. The number of hydrogen-bond donors (Lipinski definition) is 2. The summed E-state index contributed by atoms with van der Waals surface area (Å²) in [4.78, 5) is 33.9. The van der Waals surface area contributed by atoms with Gasteiger partial charge in [0.2, 0.25) is 0 Å². The summed E-state index contributed by atoms with van der Waals surface area (Å²) in [6.45, 7) is 0.551. The van der Waals surface area contributed by atoms with E-state index >= 15 is 0 Å². The van der Waals surface area contributed by atoms with E-state index < -0.39 is 22.5 Å². The zero-order valence-corrected chi connectivity index (χ0v) is 13.5. The molecule has 1 heterocycles. The van der Waals surface area contributed by atoms with Crippen LogP contribution in [0.25, 0.3) is 0 Å². The molecule has 1 aliphatic carbocycles. The maximum atomic E-state index is 11.9. The van der Waals surface area contributed by atoms with Gasteiger partial charge in [-0.2, -0.15) is 0 Å². The van der Waals surface area contributed by atoms with Gasteiger partial charge in [-0.25, -0.2) is 0 Å². The largest absolute Gasteiger partial charge is 0.347 e. The van der Waals surface area contributed by atoms with E-state index in [4.69, 9.17) is 9.47 Å². The van der Waals surface area contributed by atoms with Crippen molar-refractivity contribution in [2.24, 2.45) is 0 Å². The Balaban J connectivity index is 1.47. The van der Waals surface area contributed by atoms with Gasteiger partial charge in [-0.05, 0) is 18.9 Å². The van der Waals surface area contributed by atoms with E-state index in [2.05, 4.69) is 10.6 Å². The van der Waals surface area contributed by atoms with Gasteiger partial charge >= 0.3 is 11.8 Å². The van der Waals surface area contributed by atoms with E-state index in [0.717, 1.165) is 25.7 Å². The lowest BCUT2D eigenvalue weighted by Gasteiger charge is -2.21. The molecule has 2 aliphatic rings. The first kappa shape index (κ1) is 17.3. The molecule has 1 saturated heterocycles. The first-order chi connectivity index (χ1) is 12.0. The Bertz CT molecular complexity index is 686. The van der Waals surface area contributed by atoms with Crippen molar-refractivity contribution < 1.29 is 24.0 Å². The van der Waals surface area contributed by atoms with Crippen molar-refractivity contribution >= 4 is 23.2 Å². The monoisotopic (exact) mass is 349 g/mol. The molecule has 1 saturated carbocycles. The molecular formula is C16H19N3O6. The molecule has 1 aliphatic heterocycles. The highest BCUT2D eigenvalue weighted by Gasteiger charge is 2.43. The molecule has 134 valence electrons. The van der Waals surface area contributed by atoms with Crippen LogP contribution in [0.3, 0.4) is 0 Å². The van der Waals surface area contributed by atoms with Crippen molar-refractivity contribution in [3.63, 3.8) is 0 Å². The number of nitrogens with one attached hydrogen (secondary N) is 2. The summed E-state index contributed by atoms with van der Waals surface area (Å²) in [5, 5.41) is 15.5. The van der Waals surface area contributed by atoms with Crippen molar-refractivity contribution in [3.05, 3.63) is 34.4 Å². The highest BCUT2D eigenvalue weighted by Crippen LogP contribution is 2.38. The number of carbonyl (C=O) groups excluding carboxylic acids is 2. The van der Waals surface area contributed by atoms with E-state index in [-0.39, 0.29) is 24.0 Å². The maximum Gasteiger partial charge on any atom is 0.313 e. The summed E-state index contributed by atoms with van der Waals surface area (Å²) in [7, 11) is 0. The van der Waals surface area contributed by atoms with Crippen LogP contribution >= 0.6 is 0 Å². The highest BCUT2D eigenvalue weighted by atomic mass is 16.7. The van der Waals surface area contributed by atoms with Crippen LogP contribution in [0, 0.1) is 10.1 Å². The number of nitro benzene ring substituents is 1. The van der Waals surface area contributed by atoms with Crippen LogP contribution < -0.4 is 10.6 Å². The van der Waals surface area contributed by atoms with Gasteiger partial charge in [-0.3, -0.25) is 19.7 Å². The summed E-state index contributed by atoms with van der Waals surface area (Å²) < 4.78 is 11.6. The van der Waals surface area contributed by atoms with E-state index in [9.17, 15) is 19.7 Å². The number of rotatable bonds is 4. The van der Waals surface area contributed by atoms with Crippen LogP contribution in [0.15, 0.2) is 24.3 Å². The number of anilines is 1. The molecule has 1 spiro atoms. The molecule has 0 bridgehead atoms. The van der Waals surface area contributed by atoms with Crippen LogP contribution in [-0.2, 0) is 19.1 Å². The third kappa shape index (κ3) is 4.12. The van der Waals surface area contributed by atoms with Crippen LogP contribution in [0.4, 0.5) is 11.4 Å². The predicted octanol–water partition coefficient (Wildman–Crippen LogP) is 1.34. The first-order valence-electron chi connectivity index (χ1n) is 8.13. The third-order valence-electron chi connectivity index (χ3n) is 4.29. The molecule has 1 aromatic carbocycles. The Morgan fingerprint density at radius 3 is 2.76 bits per heavy atom. The number of hydrogen-bond acceptors (Lipinski definition) is 6. The highest BCUT2D eigenvalue weighted by molar-refractivity contribution is 6.39.